The molecule has 0 saturated carbocycles. The van der Waals surface area contributed by atoms with Crippen molar-refractivity contribution >= 4 is 40.7 Å². The minimum Gasteiger partial charge on any atom is -0.494 e. The molecule has 43 heavy (non-hydrogen) atoms. The third kappa shape index (κ3) is 6.79. The number of amides is 1. The predicted octanol–water partition coefficient (Wildman–Crippen LogP) is 4.75. The van der Waals surface area contributed by atoms with E-state index in [0.717, 1.165) is 73.6 Å². The fraction of sp³-hybridized carbons (Fsp3) is 0.375. The summed E-state index contributed by atoms with van der Waals surface area (Å²) in [6, 6.07) is 12.0. The number of benzene rings is 2. The molecular weight excluding hydrogens is 544 g/mol. The Kier molecular flexibility index (Phi) is 9.53. The molecule has 0 radical (unpaired) electrons. The van der Waals surface area contributed by atoms with E-state index in [1.54, 1.807) is 14.2 Å². The highest BCUT2D eigenvalue weighted by Crippen LogP contribution is 2.40. The van der Waals surface area contributed by atoms with Crippen molar-refractivity contribution < 1.29 is 14.3 Å². The van der Waals surface area contributed by atoms with Gasteiger partial charge in [0, 0.05) is 81.5 Å². The van der Waals surface area contributed by atoms with Crippen LogP contribution in [-0.4, -0.2) is 86.6 Å². The number of nitrogens with zero attached hydrogens (tertiary/aromatic N) is 4. The Morgan fingerprint density at radius 1 is 1.05 bits per heavy atom. The van der Waals surface area contributed by atoms with Gasteiger partial charge in [0.05, 0.1) is 36.0 Å². The number of ether oxygens (including phenoxy) is 2. The summed E-state index contributed by atoms with van der Waals surface area (Å²) >= 11 is 0. The summed E-state index contributed by atoms with van der Waals surface area (Å²) in [5, 5.41) is 17.1. The van der Waals surface area contributed by atoms with Crippen molar-refractivity contribution in [3.05, 3.63) is 60.9 Å². The van der Waals surface area contributed by atoms with Gasteiger partial charge in [-0.25, -0.2) is 9.97 Å². The summed E-state index contributed by atoms with van der Waals surface area (Å²) < 4.78 is 11.4. The molecule has 0 aliphatic carbocycles. The fourth-order valence-electron chi connectivity index (χ4n) is 5.91. The first kappa shape index (κ1) is 30.0. The minimum atomic E-state index is -0.284. The van der Waals surface area contributed by atoms with Gasteiger partial charge < -0.3 is 35.7 Å². The average molecular weight is 585 g/mol. The van der Waals surface area contributed by atoms with E-state index < -0.39 is 0 Å². The molecule has 5 rings (SSSR count). The number of hydrogen-bond donors (Lipinski definition) is 4. The van der Waals surface area contributed by atoms with Crippen LogP contribution in [-0.2, 0) is 9.53 Å². The summed E-state index contributed by atoms with van der Waals surface area (Å²) in [5.74, 6) is 0.914. The SMILES string of the molecule is C=CC(=O)Nc1cc(Nc2cc(-c3ccc(C=N)c(NC)c3)ncn2)c(OC)cc1N1CCC(N2CCC(OC)C2)CC1. The molecule has 0 spiro atoms. The average Bonchev–Trinajstić information content (AvgIpc) is 3.54. The zero-order valence-corrected chi connectivity index (χ0v) is 25.0. The topological polar surface area (TPSA) is 128 Å². The van der Waals surface area contributed by atoms with Crippen LogP contribution >= 0.6 is 0 Å². The largest absolute Gasteiger partial charge is 0.494 e. The van der Waals surface area contributed by atoms with Crippen LogP contribution in [0, 0.1) is 5.41 Å². The highest BCUT2D eigenvalue weighted by Gasteiger charge is 2.31. The number of likely N-dealkylation sites (tertiary alicyclic amines) is 1. The maximum atomic E-state index is 12.5. The van der Waals surface area contributed by atoms with Crippen molar-refractivity contribution in [2.45, 2.75) is 31.4 Å². The fourth-order valence-corrected chi connectivity index (χ4v) is 5.91. The Balaban J connectivity index is 1.39. The van der Waals surface area contributed by atoms with E-state index in [4.69, 9.17) is 14.9 Å². The molecular formula is C32H40N8O3. The molecule has 3 aromatic rings. The molecule has 226 valence electrons. The zero-order chi connectivity index (χ0) is 30.3. The highest BCUT2D eigenvalue weighted by molar-refractivity contribution is 6.02. The molecule has 4 N–H and O–H groups in total. The van der Waals surface area contributed by atoms with E-state index in [2.05, 4.69) is 42.3 Å². The van der Waals surface area contributed by atoms with Crippen molar-refractivity contribution in [1.82, 2.24) is 14.9 Å². The Morgan fingerprint density at radius 3 is 2.53 bits per heavy atom. The van der Waals surface area contributed by atoms with Gasteiger partial charge in [-0.1, -0.05) is 18.7 Å². The quantitative estimate of drug-likeness (QED) is 0.187. The number of anilines is 5. The number of carbonyl (C=O) groups excluding carboxylic acids is 1. The molecule has 3 heterocycles. The van der Waals surface area contributed by atoms with Crippen molar-refractivity contribution in [3.63, 3.8) is 0 Å². The number of nitrogens with one attached hydrogen (secondary N) is 4. The smallest absolute Gasteiger partial charge is 0.247 e. The van der Waals surface area contributed by atoms with Gasteiger partial charge in [-0.3, -0.25) is 9.69 Å². The van der Waals surface area contributed by atoms with E-state index in [9.17, 15) is 4.79 Å². The van der Waals surface area contributed by atoms with E-state index >= 15 is 0 Å². The summed E-state index contributed by atoms with van der Waals surface area (Å²) in [6.45, 7) is 7.44. The molecule has 2 aliphatic heterocycles. The lowest BCUT2D eigenvalue weighted by molar-refractivity contribution is -0.111. The normalized spacial score (nSPS) is 17.4. The van der Waals surface area contributed by atoms with Crippen molar-refractivity contribution in [2.75, 3.05) is 68.3 Å². The van der Waals surface area contributed by atoms with E-state index in [0.29, 0.717) is 35.1 Å². The standard InChI is InChI=1S/C32H40N8O3/c1-5-32(41)38-27-15-28(37-31-16-26(35-20-36-31)21-6-7-22(18-33)25(14-21)34-2)30(43-4)17-29(27)39-11-8-23(9-12-39)40-13-10-24(19-40)42-3/h5-7,14-18,20,23-24,33-34H,1,8-13,19H2,2-4H3,(H,38,41)(H,35,36,37). The third-order valence-corrected chi connectivity index (χ3v) is 8.30. The van der Waals surface area contributed by atoms with Crippen molar-refractivity contribution in [2.24, 2.45) is 0 Å². The first-order valence-electron chi connectivity index (χ1n) is 14.5. The Labute approximate surface area is 252 Å². The Bertz CT molecular complexity index is 1470. The summed E-state index contributed by atoms with van der Waals surface area (Å²) in [7, 11) is 5.25. The number of methoxy groups -OCH3 is 2. The number of carbonyl (C=O) groups is 1. The first-order chi connectivity index (χ1) is 21.0. The maximum Gasteiger partial charge on any atom is 0.247 e. The van der Waals surface area contributed by atoms with Crippen LogP contribution in [0.3, 0.4) is 0 Å². The van der Waals surface area contributed by atoms with Gasteiger partial charge in [-0.05, 0) is 37.5 Å². The van der Waals surface area contributed by atoms with Crippen LogP contribution in [0.1, 0.15) is 24.8 Å². The minimum absolute atomic E-state index is 0.284. The van der Waals surface area contributed by atoms with Gasteiger partial charge in [0.15, 0.2) is 0 Å². The van der Waals surface area contributed by atoms with Crippen LogP contribution in [0.15, 0.2) is 55.4 Å². The van der Waals surface area contributed by atoms with Gasteiger partial charge in [0.2, 0.25) is 5.91 Å². The molecule has 1 amide bonds. The molecule has 2 aromatic carbocycles. The van der Waals surface area contributed by atoms with Gasteiger partial charge in [0.25, 0.3) is 0 Å². The number of rotatable bonds is 11. The Morgan fingerprint density at radius 2 is 1.86 bits per heavy atom. The van der Waals surface area contributed by atoms with E-state index in [-0.39, 0.29) is 5.91 Å². The lowest BCUT2D eigenvalue weighted by atomic mass is 10.0. The van der Waals surface area contributed by atoms with Gasteiger partial charge in [0.1, 0.15) is 17.9 Å². The van der Waals surface area contributed by atoms with Gasteiger partial charge >= 0.3 is 0 Å². The van der Waals surface area contributed by atoms with Crippen molar-refractivity contribution in [3.8, 4) is 17.0 Å². The monoisotopic (exact) mass is 584 g/mol. The number of aromatic nitrogens is 2. The number of hydrogen-bond acceptors (Lipinski definition) is 10. The lowest BCUT2D eigenvalue weighted by Crippen LogP contribution is -2.44. The summed E-state index contributed by atoms with van der Waals surface area (Å²) in [5.41, 5.74) is 5.46. The highest BCUT2D eigenvalue weighted by atomic mass is 16.5. The van der Waals surface area contributed by atoms with Crippen LogP contribution < -0.4 is 25.6 Å². The maximum absolute atomic E-state index is 12.5. The molecule has 1 aromatic heterocycles. The van der Waals surface area contributed by atoms with Gasteiger partial charge in [-0.15, -0.1) is 0 Å². The van der Waals surface area contributed by atoms with Gasteiger partial charge in [-0.2, -0.15) is 0 Å². The number of piperidine rings is 1. The molecule has 2 saturated heterocycles. The molecule has 2 fully saturated rings. The third-order valence-electron chi connectivity index (χ3n) is 8.30. The van der Waals surface area contributed by atoms with Crippen LogP contribution in [0.25, 0.3) is 11.3 Å². The molecule has 2 aliphatic rings. The van der Waals surface area contributed by atoms with Crippen molar-refractivity contribution in [1.29, 1.82) is 5.41 Å². The second kappa shape index (κ2) is 13.7. The van der Waals surface area contributed by atoms with E-state index in [1.165, 1.54) is 18.6 Å². The lowest BCUT2D eigenvalue weighted by Gasteiger charge is -2.38. The predicted molar refractivity (Wildman–Crippen MR) is 172 cm³/mol. The molecule has 11 nitrogen and oxygen atoms in total. The molecule has 11 heteroatoms. The van der Waals surface area contributed by atoms with Crippen LogP contribution in [0.2, 0.25) is 0 Å². The second-order valence-corrected chi connectivity index (χ2v) is 10.7. The zero-order valence-electron chi connectivity index (χ0n) is 25.0. The van der Waals surface area contributed by atoms with E-state index in [1.807, 2.05) is 43.4 Å². The molecule has 0 bridgehead atoms. The van der Waals surface area contributed by atoms with Crippen LogP contribution in [0.5, 0.6) is 5.75 Å². The molecule has 1 unspecified atom stereocenters. The second-order valence-electron chi connectivity index (χ2n) is 10.7. The first-order valence-corrected chi connectivity index (χ1v) is 14.5. The Hall–Kier alpha value is -4.48. The molecule has 1 atom stereocenters. The summed E-state index contributed by atoms with van der Waals surface area (Å²) in [6.07, 6.45) is 7.57. The van der Waals surface area contributed by atoms with Crippen LogP contribution in [0.4, 0.5) is 28.6 Å². The summed E-state index contributed by atoms with van der Waals surface area (Å²) in [4.78, 5) is 26.2.